The maximum Gasteiger partial charge on any atom is 0.446 e. The average molecular weight is 505 g/mol. The number of thioether (sulfide) groups is 1. The van der Waals surface area contributed by atoms with E-state index in [0.29, 0.717) is 11.3 Å². The predicted octanol–water partition coefficient (Wildman–Crippen LogP) is 3.89. The number of hydrogen-bond acceptors (Lipinski definition) is 6. The molecule has 3 N–H and O–H groups in total. The molecule has 0 atom stereocenters. The number of alkyl halides is 3. The maximum absolute atomic E-state index is 13.2. The van der Waals surface area contributed by atoms with E-state index >= 15 is 0 Å². The van der Waals surface area contributed by atoms with E-state index in [2.05, 4.69) is 5.32 Å². The largest absolute Gasteiger partial charge is 0.446 e. The van der Waals surface area contributed by atoms with Crippen molar-refractivity contribution in [1.29, 1.82) is 0 Å². The Morgan fingerprint density at radius 2 is 1.62 bits per heavy atom. The van der Waals surface area contributed by atoms with Crippen LogP contribution >= 0.6 is 24.0 Å². The summed E-state index contributed by atoms with van der Waals surface area (Å²) in [7, 11) is -4.05. The third-order valence-electron chi connectivity index (χ3n) is 5.04. The van der Waals surface area contributed by atoms with E-state index in [1.165, 1.54) is 48.5 Å². The van der Waals surface area contributed by atoms with Gasteiger partial charge in [0.2, 0.25) is 5.91 Å². The van der Waals surface area contributed by atoms with E-state index in [0.717, 1.165) is 0 Å². The van der Waals surface area contributed by atoms with Crippen LogP contribution in [0.4, 0.5) is 18.9 Å². The summed E-state index contributed by atoms with van der Waals surface area (Å²) in [6.07, 6.45) is -0.0330. The maximum atomic E-state index is 13.2. The summed E-state index contributed by atoms with van der Waals surface area (Å²) in [4.78, 5) is 12.3. The number of thiocarbonyl (C=S) groups is 1. The van der Waals surface area contributed by atoms with Crippen molar-refractivity contribution >= 4 is 50.4 Å². The highest BCUT2D eigenvalue weighted by Crippen LogP contribution is 2.37. The molecule has 6 nitrogen and oxygen atoms in total. The average Bonchev–Trinajstić information content (AvgIpc) is 2.73. The Labute approximate surface area is 192 Å². The molecule has 0 saturated carbocycles. The molecular formula is C20H19F3N2O4S3. The Morgan fingerprint density at radius 3 is 2.12 bits per heavy atom. The number of benzene rings is 2. The molecule has 0 spiro atoms. The summed E-state index contributed by atoms with van der Waals surface area (Å²) < 4.78 is 67.1. The van der Waals surface area contributed by atoms with Crippen LogP contribution in [-0.2, 0) is 19.4 Å². The van der Waals surface area contributed by atoms with Crippen molar-refractivity contribution in [3.05, 3.63) is 54.1 Å². The molecule has 2 aromatic rings. The van der Waals surface area contributed by atoms with Gasteiger partial charge in [0.15, 0.2) is 14.6 Å². The molecule has 12 heteroatoms. The van der Waals surface area contributed by atoms with Crippen molar-refractivity contribution in [2.24, 2.45) is 5.73 Å². The topological polar surface area (TPSA) is 98.5 Å². The Bertz CT molecular complexity index is 1100. The highest BCUT2D eigenvalue weighted by atomic mass is 32.2. The number of hydrogen-bond donors (Lipinski definition) is 2. The van der Waals surface area contributed by atoms with Crippen LogP contribution in [0.1, 0.15) is 18.4 Å². The minimum absolute atomic E-state index is 0.0165. The van der Waals surface area contributed by atoms with E-state index in [1.54, 1.807) is 0 Å². The van der Waals surface area contributed by atoms with Crippen LogP contribution in [0.2, 0.25) is 0 Å². The summed E-state index contributed by atoms with van der Waals surface area (Å²) >= 11 is 5.06. The molecule has 0 aromatic heterocycles. The molecule has 2 aromatic carbocycles. The molecule has 1 aliphatic rings. The van der Waals surface area contributed by atoms with Gasteiger partial charge in [0.1, 0.15) is 4.99 Å². The first kappa shape index (κ1) is 24.5. The minimum Gasteiger partial charge on any atom is -0.381 e. The fourth-order valence-corrected chi connectivity index (χ4v) is 6.01. The quantitative estimate of drug-likeness (QED) is 0.455. The molecule has 1 saturated heterocycles. The molecule has 3 rings (SSSR count). The Hall–Kier alpha value is -2.15. The third-order valence-corrected chi connectivity index (χ3v) is 8.64. The van der Waals surface area contributed by atoms with Gasteiger partial charge in [-0.2, -0.15) is 13.2 Å². The Kier molecular flexibility index (Phi) is 7.18. The summed E-state index contributed by atoms with van der Waals surface area (Å²) in [6.45, 7) is 0.243. The van der Waals surface area contributed by atoms with Gasteiger partial charge in [0.05, 0.1) is 4.90 Å². The number of carbonyl (C=O) groups excluding carboxylic acids is 1. The lowest BCUT2D eigenvalue weighted by atomic mass is 9.98. The second-order valence-electron chi connectivity index (χ2n) is 7.03. The fourth-order valence-electron chi connectivity index (χ4n) is 3.30. The zero-order chi connectivity index (χ0) is 23.6. The standard InChI is InChI=1S/C20H19F3N2O4S3/c21-20(22,23)31-15-5-1-13(2-6-15)17(30)25-14-3-7-16(8-4-14)32(27,28)19(18(24)26)9-11-29-12-10-19/h1-8H,9-12H2,(H2,24,26)(H,25,30). The number of nitrogens with two attached hydrogens (primary N) is 1. The fraction of sp³-hybridized carbons (Fsp3) is 0.300. The summed E-state index contributed by atoms with van der Waals surface area (Å²) in [5.41, 5.74) is 2.06. The summed E-state index contributed by atoms with van der Waals surface area (Å²) in [6, 6.07) is 11.2. The van der Waals surface area contributed by atoms with Gasteiger partial charge in [0.25, 0.3) is 0 Å². The van der Waals surface area contributed by atoms with Crippen LogP contribution in [0.3, 0.4) is 0 Å². The van der Waals surface area contributed by atoms with Gasteiger partial charge < -0.3 is 15.8 Å². The smallest absolute Gasteiger partial charge is 0.381 e. The number of anilines is 1. The number of sulfone groups is 1. The normalized spacial score (nSPS) is 16.3. The molecule has 0 bridgehead atoms. The van der Waals surface area contributed by atoms with Crippen molar-refractivity contribution in [1.82, 2.24) is 0 Å². The van der Waals surface area contributed by atoms with Crippen molar-refractivity contribution < 1.29 is 31.1 Å². The van der Waals surface area contributed by atoms with Gasteiger partial charge in [0, 0.05) is 29.4 Å². The zero-order valence-corrected chi connectivity index (χ0v) is 19.0. The van der Waals surface area contributed by atoms with E-state index in [4.69, 9.17) is 22.7 Å². The van der Waals surface area contributed by atoms with Crippen molar-refractivity contribution in [3.63, 3.8) is 0 Å². The van der Waals surface area contributed by atoms with E-state index in [9.17, 15) is 26.4 Å². The van der Waals surface area contributed by atoms with E-state index in [1.807, 2.05) is 0 Å². The van der Waals surface area contributed by atoms with Gasteiger partial charge in [-0.05, 0) is 61.0 Å². The van der Waals surface area contributed by atoms with Crippen LogP contribution < -0.4 is 11.1 Å². The molecule has 1 aliphatic heterocycles. The Morgan fingerprint density at radius 1 is 1.06 bits per heavy atom. The molecule has 0 aliphatic carbocycles. The van der Waals surface area contributed by atoms with Gasteiger partial charge in [-0.3, -0.25) is 4.79 Å². The highest BCUT2D eigenvalue weighted by molar-refractivity contribution is 8.00. The first-order valence-electron chi connectivity index (χ1n) is 9.34. The lowest BCUT2D eigenvalue weighted by Crippen LogP contribution is -2.53. The number of halogens is 3. The lowest BCUT2D eigenvalue weighted by Gasteiger charge is -2.33. The number of rotatable bonds is 6. The number of primary amides is 1. The van der Waals surface area contributed by atoms with Crippen LogP contribution in [0, 0.1) is 0 Å². The molecular weight excluding hydrogens is 485 g/mol. The van der Waals surface area contributed by atoms with Crippen molar-refractivity contribution in [2.45, 2.75) is 32.9 Å². The van der Waals surface area contributed by atoms with Gasteiger partial charge in [-0.15, -0.1) is 0 Å². The van der Waals surface area contributed by atoms with Crippen molar-refractivity contribution in [2.75, 3.05) is 18.5 Å². The second-order valence-corrected chi connectivity index (χ2v) is 10.8. The molecule has 0 radical (unpaired) electrons. The van der Waals surface area contributed by atoms with Crippen LogP contribution in [0.15, 0.2) is 58.3 Å². The lowest BCUT2D eigenvalue weighted by molar-refractivity contribution is -0.122. The molecule has 32 heavy (non-hydrogen) atoms. The number of ether oxygens (including phenoxy) is 1. The predicted molar refractivity (Wildman–Crippen MR) is 119 cm³/mol. The molecule has 1 amide bonds. The number of amides is 1. The van der Waals surface area contributed by atoms with Gasteiger partial charge in [-0.1, -0.05) is 24.4 Å². The monoisotopic (exact) mass is 504 g/mol. The SMILES string of the molecule is NC(=O)C1(S(=O)(=O)c2ccc(NC(=S)c3ccc(SC(F)(F)F)cc3)cc2)CCOCC1. The third kappa shape index (κ3) is 5.25. The Balaban J connectivity index is 1.74. The summed E-state index contributed by atoms with van der Waals surface area (Å²) in [5, 5.41) is 2.91. The summed E-state index contributed by atoms with van der Waals surface area (Å²) in [5.74, 6) is -0.906. The van der Waals surface area contributed by atoms with Crippen LogP contribution in [-0.4, -0.2) is 42.8 Å². The molecule has 1 fully saturated rings. The first-order valence-corrected chi connectivity index (χ1v) is 12.0. The first-order chi connectivity index (χ1) is 14.9. The molecule has 172 valence electrons. The zero-order valence-electron chi connectivity index (χ0n) is 16.5. The molecule has 1 heterocycles. The van der Waals surface area contributed by atoms with Gasteiger partial charge >= 0.3 is 5.51 Å². The number of nitrogens with one attached hydrogen (secondary N) is 1. The van der Waals surface area contributed by atoms with E-state index in [-0.39, 0.29) is 52.6 Å². The second kappa shape index (κ2) is 9.38. The highest BCUT2D eigenvalue weighted by Gasteiger charge is 2.51. The van der Waals surface area contributed by atoms with Gasteiger partial charge in [-0.25, -0.2) is 8.42 Å². The molecule has 0 unspecified atom stereocenters. The number of carbonyl (C=O) groups is 1. The van der Waals surface area contributed by atoms with Crippen molar-refractivity contribution in [3.8, 4) is 0 Å². The minimum atomic E-state index is -4.37. The van der Waals surface area contributed by atoms with E-state index < -0.39 is 26.0 Å². The van der Waals surface area contributed by atoms with Crippen LogP contribution in [0.25, 0.3) is 0 Å². The van der Waals surface area contributed by atoms with Crippen LogP contribution in [0.5, 0.6) is 0 Å².